The third-order valence-corrected chi connectivity index (χ3v) is 3.52. The van der Waals surface area contributed by atoms with Gasteiger partial charge in [-0.15, -0.1) is 0 Å². The Labute approximate surface area is 157 Å². The maximum absolute atomic E-state index is 13.2. The normalized spacial score (nSPS) is 11.6. The smallest absolute Gasteiger partial charge is 0.416 e. The van der Waals surface area contributed by atoms with Crippen molar-refractivity contribution in [3.63, 3.8) is 0 Å². The van der Waals surface area contributed by atoms with Gasteiger partial charge >= 0.3 is 12.1 Å². The molecule has 0 aliphatic rings. The van der Waals surface area contributed by atoms with Gasteiger partial charge in [-0.05, 0) is 41.5 Å². The van der Waals surface area contributed by atoms with Crippen LogP contribution in [0.3, 0.4) is 0 Å². The van der Waals surface area contributed by atoms with Gasteiger partial charge in [0, 0.05) is 5.69 Å². The van der Waals surface area contributed by atoms with E-state index in [4.69, 9.17) is 11.5 Å². The molecule has 1 amide bonds. The quantitative estimate of drug-likeness (QED) is 0.197. The van der Waals surface area contributed by atoms with Crippen molar-refractivity contribution in [1.29, 1.82) is 0 Å². The number of anilines is 1. The summed E-state index contributed by atoms with van der Waals surface area (Å²) in [7, 11) is 0. The van der Waals surface area contributed by atoms with E-state index in [2.05, 4.69) is 10.3 Å². The molecular weight excluding hydrogens is 377 g/mol. The molecule has 2 aromatic rings. The van der Waals surface area contributed by atoms with Crippen molar-refractivity contribution in [2.24, 2.45) is 16.5 Å². The van der Waals surface area contributed by atoms with E-state index in [-0.39, 0.29) is 22.5 Å². The van der Waals surface area contributed by atoms with E-state index in [0.29, 0.717) is 18.5 Å². The van der Waals surface area contributed by atoms with Crippen LogP contribution in [0.1, 0.15) is 16.7 Å². The molecule has 0 aromatic heterocycles. The summed E-state index contributed by atoms with van der Waals surface area (Å²) in [6, 6.07) is 8.69. The van der Waals surface area contributed by atoms with Crippen molar-refractivity contribution in [3.05, 3.63) is 59.2 Å². The second-order valence-electron chi connectivity index (χ2n) is 5.52. The van der Waals surface area contributed by atoms with E-state index in [1.807, 2.05) is 0 Å². The molecule has 0 aliphatic heterocycles. The first-order valence-corrected chi connectivity index (χ1v) is 7.68. The van der Waals surface area contributed by atoms with Crippen molar-refractivity contribution >= 4 is 41.4 Å². The number of carboxylic acids is 1. The molecule has 6 N–H and O–H groups in total. The van der Waals surface area contributed by atoms with Crippen molar-refractivity contribution in [3.8, 4) is 0 Å². The predicted molar refractivity (Wildman–Crippen MR) is 98.5 cm³/mol. The molecule has 7 nitrogen and oxygen atoms in total. The van der Waals surface area contributed by atoms with Crippen molar-refractivity contribution in [2.45, 2.75) is 6.18 Å². The van der Waals surface area contributed by atoms with Crippen LogP contribution in [0.25, 0.3) is 11.6 Å². The van der Waals surface area contributed by atoms with Crippen LogP contribution in [0.2, 0.25) is 0 Å². The largest absolute Gasteiger partial charge is 0.478 e. The molecule has 0 saturated heterocycles. The number of amides is 1. The van der Waals surface area contributed by atoms with E-state index < -0.39 is 29.2 Å². The van der Waals surface area contributed by atoms with Crippen LogP contribution >= 0.6 is 0 Å². The zero-order chi connectivity index (χ0) is 20.9. The molecule has 2 rings (SSSR count). The number of para-hydroxylation sites is 1. The van der Waals surface area contributed by atoms with E-state index >= 15 is 0 Å². The highest BCUT2D eigenvalue weighted by atomic mass is 19.4. The second kappa shape index (κ2) is 8.25. The summed E-state index contributed by atoms with van der Waals surface area (Å²) in [4.78, 5) is 26.0. The Balaban J connectivity index is 2.71. The summed E-state index contributed by atoms with van der Waals surface area (Å²) in [6.45, 7) is 0. The molecule has 0 aliphatic carbocycles. The molecule has 10 heteroatoms. The summed E-state index contributed by atoms with van der Waals surface area (Å²) in [5.41, 5.74) is 8.94. The SMILES string of the molecule is NC(N)=Nc1cc(C(=Cc2ccccc2NC=O)C(=O)O)cc(C(F)(F)F)c1. The topological polar surface area (TPSA) is 131 Å². The van der Waals surface area contributed by atoms with Crippen molar-refractivity contribution in [2.75, 3.05) is 5.32 Å². The second-order valence-corrected chi connectivity index (χ2v) is 5.52. The van der Waals surface area contributed by atoms with Gasteiger partial charge in [0.25, 0.3) is 0 Å². The fourth-order valence-corrected chi connectivity index (χ4v) is 2.39. The summed E-state index contributed by atoms with van der Waals surface area (Å²) >= 11 is 0. The van der Waals surface area contributed by atoms with Gasteiger partial charge in [0.15, 0.2) is 5.96 Å². The number of rotatable bonds is 6. The lowest BCUT2D eigenvalue weighted by Crippen LogP contribution is -2.22. The zero-order valence-electron chi connectivity index (χ0n) is 14.2. The van der Waals surface area contributed by atoms with Crippen LogP contribution in [0.15, 0.2) is 47.5 Å². The number of carbonyl (C=O) groups excluding carboxylic acids is 1. The van der Waals surface area contributed by atoms with Gasteiger partial charge < -0.3 is 21.9 Å². The molecule has 0 spiro atoms. The van der Waals surface area contributed by atoms with Crippen molar-refractivity contribution in [1.82, 2.24) is 0 Å². The number of carbonyl (C=O) groups is 2. The van der Waals surface area contributed by atoms with Gasteiger partial charge in [-0.1, -0.05) is 18.2 Å². The fourth-order valence-electron chi connectivity index (χ4n) is 2.39. The highest BCUT2D eigenvalue weighted by Gasteiger charge is 2.32. The summed E-state index contributed by atoms with van der Waals surface area (Å²) in [6.07, 6.45) is -3.21. The third kappa shape index (κ3) is 5.10. The van der Waals surface area contributed by atoms with Gasteiger partial charge in [0.2, 0.25) is 6.41 Å². The molecule has 0 radical (unpaired) electrons. The Bertz CT molecular complexity index is 965. The maximum atomic E-state index is 13.2. The summed E-state index contributed by atoms with van der Waals surface area (Å²) in [5, 5.41) is 11.9. The minimum atomic E-state index is -4.75. The third-order valence-electron chi connectivity index (χ3n) is 3.52. The predicted octanol–water partition coefficient (Wildman–Crippen LogP) is 2.80. The van der Waals surface area contributed by atoms with Gasteiger partial charge in [-0.25, -0.2) is 9.79 Å². The Kier molecular flexibility index (Phi) is 6.04. The van der Waals surface area contributed by atoms with E-state index in [0.717, 1.165) is 12.1 Å². The number of alkyl halides is 3. The molecule has 0 fully saturated rings. The lowest BCUT2D eigenvalue weighted by molar-refractivity contribution is -0.137. The monoisotopic (exact) mass is 392 g/mol. The molecule has 0 heterocycles. The first kappa shape index (κ1) is 20.5. The van der Waals surface area contributed by atoms with E-state index in [9.17, 15) is 27.9 Å². The van der Waals surface area contributed by atoms with Gasteiger partial charge in [0.1, 0.15) is 0 Å². The van der Waals surface area contributed by atoms with Crippen LogP contribution in [0.5, 0.6) is 0 Å². The Hall–Kier alpha value is -3.82. The molecule has 0 unspecified atom stereocenters. The van der Waals surface area contributed by atoms with Crippen molar-refractivity contribution < 1.29 is 27.9 Å². The van der Waals surface area contributed by atoms with Crippen LogP contribution in [-0.2, 0) is 15.8 Å². The van der Waals surface area contributed by atoms with Crippen LogP contribution in [-0.4, -0.2) is 23.4 Å². The van der Waals surface area contributed by atoms with Gasteiger partial charge in [-0.3, -0.25) is 4.79 Å². The molecule has 0 atom stereocenters. The van der Waals surface area contributed by atoms with Crippen LogP contribution < -0.4 is 16.8 Å². The number of aliphatic imine (C=N–C) groups is 1. The zero-order valence-corrected chi connectivity index (χ0v) is 14.2. The minimum Gasteiger partial charge on any atom is -0.478 e. The van der Waals surface area contributed by atoms with E-state index in [1.54, 1.807) is 12.1 Å². The number of aliphatic carboxylic acids is 1. The number of carboxylic acid groups (broad SMARTS) is 1. The Morgan fingerprint density at radius 3 is 2.39 bits per heavy atom. The number of hydrogen-bond acceptors (Lipinski definition) is 3. The van der Waals surface area contributed by atoms with E-state index in [1.165, 1.54) is 12.1 Å². The number of guanidine groups is 1. The molecule has 0 bridgehead atoms. The lowest BCUT2D eigenvalue weighted by atomic mass is 9.99. The average Bonchev–Trinajstić information content (AvgIpc) is 2.59. The number of nitrogens with two attached hydrogens (primary N) is 2. The lowest BCUT2D eigenvalue weighted by Gasteiger charge is -2.12. The Morgan fingerprint density at radius 1 is 1.14 bits per heavy atom. The average molecular weight is 392 g/mol. The molecule has 28 heavy (non-hydrogen) atoms. The Morgan fingerprint density at radius 2 is 1.82 bits per heavy atom. The van der Waals surface area contributed by atoms with Crippen LogP contribution in [0.4, 0.5) is 24.5 Å². The first-order chi connectivity index (χ1) is 13.1. The summed E-state index contributed by atoms with van der Waals surface area (Å²) < 4.78 is 39.6. The number of nitrogens with one attached hydrogen (secondary N) is 1. The number of benzene rings is 2. The van der Waals surface area contributed by atoms with Gasteiger partial charge in [-0.2, -0.15) is 13.2 Å². The minimum absolute atomic E-state index is 0.253. The van der Waals surface area contributed by atoms with Gasteiger partial charge in [0.05, 0.1) is 16.8 Å². The standard InChI is InChI=1S/C18H15F3N4O3/c19-18(20,21)12-5-11(6-13(8-12)25-17(22)23)14(16(27)28)7-10-3-1-2-4-15(10)24-9-26/h1-9H,(H,24,26)(H,27,28)(H4,22,23,25). The summed E-state index contributed by atoms with van der Waals surface area (Å²) in [5.74, 6) is -1.96. The molecule has 0 saturated carbocycles. The maximum Gasteiger partial charge on any atom is 0.416 e. The molecule has 2 aromatic carbocycles. The number of hydrogen-bond donors (Lipinski definition) is 4. The molecule has 146 valence electrons. The highest BCUT2D eigenvalue weighted by Crippen LogP contribution is 2.35. The fraction of sp³-hybridized carbons (Fsp3) is 0.0556. The highest BCUT2D eigenvalue weighted by molar-refractivity contribution is 6.21. The first-order valence-electron chi connectivity index (χ1n) is 7.68. The van der Waals surface area contributed by atoms with Crippen LogP contribution in [0, 0.1) is 0 Å². The molecular formula is C18H15F3N4O3. The number of nitrogens with zero attached hydrogens (tertiary/aromatic N) is 1. The number of halogens is 3.